The van der Waals surface area contributed by atoms with Gasteiger partial charge in [0.25, 0.3) is 0 Å². The lowest BCUT2D eigenvalue weighted by atomic mass is 9.82. The van der Waals surface area contributed by atoms with Crippen LogP contribution in [0, 0.1) is 8.99 Å². The minimum Gasteiger partial charge on any atom is -0.478 e. The molecule has 0 bridgehead atoms. The molecule has 2 rings (SSSR count). The van der Waals surface area contributed by atoms with E-state index < -0.39 is 5.97 Å². The van der Waals surface area contributed by atoms with Gasteiger partial charge in [-0.25, -0.2) is 4.79 Å². The summed E-state index contributed by atoms with van der Waals surface area (Å²) >= 11 is 2.23. The van der Waals surface area contributed by atoms with E-state index in [0.29, 0.717) is 11.0 Å². The predicted molar refractivity (Wildman–Crippen MR) is 81.3 cm³/mol. The quantitative estimate of drug-likeness (QED) is 0.820. The molecule has 1 aromatic rings. The maximum atomic E-state index is 10.9. The molecule has 1 heterocycles. The molecule has 0 aliphatic carbocycles. The van der Waals surface area contributed by atoms with E-state index in [0.717, 1.165) is 22.3 Å². The van der Waals surface area contributed by atoms with Crippen LogP contribution in [0.25, 0.3) is 0 Å². The molecule has 4 heteroatoms. The van der Waals surface area contributed by atoms with E-state index in [-0.39, 0.29) is 0 Å². The Balaban J connectivity index is 2.17. The molecule has 0 atom stereocenters. The second-order valence-corrected chi connectivity index (χ2v) is 6.78. The fourth-order valence-corrected chi connectivity index (χ4v) is 3.11. The fraction of sp³-hybridized carbons (Fsp3) is 0.500. The second kappa shape index (κ2) is 5.07. The number of benzene rings is 1. The summed E-state index contributed by atoms with van der Waals surface area (Å²) in [4.78, 5) is 13.3. The number of rotatable bonds is 2. The van der Waals surface area contributed by atoms with Gasteiger partial charge in [-0.15, -0.1) is 0 Å². The average molecular weight is 359 g/mol. The number of nitrogens with zero attached hydrogens (tertiary/aromatic N) is 1. The Morgan fingerprint density at radius 3 is 2.44 bits per heavy atom. The van der Waals surface area contributed by atoms with E-state index >= 15 is 0 Å². The molecule has 1 fully saturated rings. The van der Waals surface area contributed by atoms with Crippen molar-refractivity contribution in [3.05, 3.63) is 27.3 Å². The molecule has 1 saturated heterocycles. The van der Waals surface area contributed by atoms with Crippen molar-refractivity contribution < 1.29 is 9.90 Å². The summed E-state index contributed by atoms with van der Waals surface area (Å²) in [6.07, 6.45) is 2.37. The van der Waals surface area contributed by atoms with Crippen LogP contribution in [0.1, 0.15) is 37.0 Å². The van der Waals surface area contributed by atoms with Crippen molar-refractivity contribution in [2.45, 2.75) is 26.7 Å². The first-order valence-corrected chi connectivity index (χ1v) is 7.25. The summed E-state index contributed by atoms with van der Waals surface area (Å²) < 4.78 is 1.02. The van der Waals surface area contributed by atoms with Crippen molar-refractivity contribution in [2.24, 2.45) is 5.41 Å². The molecule has 0 unspecified atom stereocenters. The molecule has 18 heavy (non-hydrogen) atoms. The maximum Gasteiger partial charge on any atom is 0.335 e. The fourth-order valence-electron chi connectivity index (χ4n) is 2.25. The third kappa shape index (κ3) is 2.96. The number of anilines is 1. The normalized spacial score (nSPS) is 18.7. The van der Waals surface area contributed by atoms with Crippen LogP contribution in [0.4, 0.5) is 5.69 Å². The molecule has 3 nitrogen and oxygen atoms in total. The van der Waals surface area contributed by atoms with Crippen LogP contribution in [0.3, 0.4) is 0 Å². The highest BCUT2D eigenvalue weighted by Gasteiger charge is 2.26. The first-order valence-electron chi connectivity index (χ1n) is 6.17. The highest BCUT2D eigenvalue weighted by atomic mass is 127. The van der Waals surface area contributed by atoms with Crippen LogP contribution in [0.5, 0.6) is 0 Å². The zero-order valence-corrected chi connectivity index (χ0v) is 12.9. The number of hydrogen-bond donors (Lipinski definition) is 1. The zero-order chi connectivity index (χ0) is 13.3. The third-order valence-corrected chi connectivity index (χ3v) is 4.52. The highest BCUT2D eigenvalue weighted by molar-refractivity contribution is 14.1. The predicted octanol–water partition coefficient (Wildman–Crippen LogP) is 3.62. The van der Waals surface area contributed by atoms with Crippen molar-refractivity contribution >= 4 is 34.2 Å². The molecule has 1 aromatic carbocycles. The van der Waals surface area contributed by atoms with Gasteiger partial charge < -0.3 is 10.0 Å². The van der Waals surface area contributed by atoms with Crippen molar-refractivity contribution in [1.82, 2.24) is 0 Å². The molecule has 0 radical (unpaired) electrons. The third-order valence-electron chi connectivity index (χ3n) is 3.65. The SMILES string of the molecule is CC1(C)CCN(c2ccc(C(=O)O)cc2I)CC1. The lowest BCUT2D eigenvalue weighted by Gasteiger charge is -2.38. The van der Waals surface area contributed by atoms with Crippen LogP contribution in [0.2, 0.25) is 0 Å². The Morgan fingerprint density at radius 2 is 1.94 bits per heavy atom. The standard InChI is InChI=1S/C14H18INO2/c1-14(2)5-7-16(8-6-14)12-4-3-10(13(17)18)9-11(12)15/h3-4,9H,5-8H2,1-2H3,(H,17,18). The Labute approximate surface area is 121 Å². The molecule has 0 aromatic heterocycles. The van der Waals surface area contributed by atoms with Crippen molar-refractivity contribution in [1.29, 1.82) is 0 Å². The smallest absolute Gasteiger partial charge is 0.335 e. The van der Waals surface area contributed by atoms with E-state index in [1.807, 2.05) is 6.07 Å². The minimum absolute atomic E-state index is 0.362. The number of aromatic carboxylic acids is 1. The van der Waals surface area contributed by atoms with Gasteiger partial charge in [-0.1, -0.05) is 13.8 Å². The Kier molecular flexibility index (Phi) is 3.84. The Hall–Kier alpha value is -0.780. The van der Waals surface area contributed by atoms with E-state index in [1.165, 1.54) is 12.8 Å². The lowest BCUT2D eigenvalue weighted by molar-refractivity contribution is 0.0697. The van der Waals surface area contributed by atoms with Gasteiger partial charge >= 0.3 is 5.97 Å². The molecule has 1 N–H and O–H groups in total. The van der Waals surface area contributed by atoms with Crippen LogP contribution < -0.4 is 4.90 Å². The van der Waals surface area contributed by atoms with E-state index in [4.69, 9.17) is 5.11 Å². The summed E-state index contributed by atoms with van der Waals surface area (Å²) in [5.74, 6) is -0.862. The average Bonchev–Trinajstić information content (AvgIpc) is 2.29. The molecule has 0 spiro atoms. The highest BCUT2D eigenvalue weighted by Crippen LogP contribution is 2.34. The van der Waals surface area contributed by atoms with Gasteiger partial charge in [0.2, 0.25) is 0 Å². The van der Waals surface area contributed by atoms with Gasteiger partial charge in [-0.2, -0.15) is 0 Å². The minimum atomic E-state index is -0.862. The molecular weight excluding hydrogens is 341 g/mol. The zero-order valence-electron chi connectivity index (χ0n) is 10.7. The van der Waals surface area contributed by atoms with E-state index in [1.54, 1.807) is 12.1 Å². The van der Waals surface area contributed by atoms with Crippen LogP contribution in [-0.4, -0.2) is 24.2 Å². The number of halogens is 1. The van der Waals surface area contributed by atoms with Crippen molar-refractivity contribution in [3.8, 4) is 0 Å². The van der Waals surface area contributed by atoms with Crippen LogP contribution in [0.15, 0.2) is 18.2 Å². The van der Waals surface area contributed by atoms with Gasteiger partial charge in [-0.05, 0) is 59.0 Å². The van der Waals surface area contributed by atoms with Gasteiger partial charge in [0.05, 0.1) is 11.3 Å². The van der Waals surface area contributed by atoms with Crippen molar-refractivity contribution in [3.63, 3.8) is 0 Å². The molecule has 0 amide bonds. The summed E-state index contributed by atoms with van der Waals surface area (Å²) in [5.41, 5.74) is 1.96. The number of piperidine rings is 1. The number of hydrogen-bond acceptors (Lipinski definition) is 2. The summed E-state index contributed by atoms with van der Waals surface area (Å²) in [6.45, 7) is 6.72. The first-order chi connectivity index (χ1) is 8.39. The molecular formula is C14H18INO2. The number of carboxylic acid groups (broad SMARTS) is 1. The second-order valence-electron chi connectivity index (χ2n) is 5.62. The largest absolute Gasteiger partial charge is 0.478 e. The van der Waals surface area contributed by atoms with Gasteiger partial charge in [-0.3, -0.25) is 0 Å². The summed E-state index contributed by atoms with van der Waals surface area (Å²) in [5, 5.41) is 8.96. The van der Waals surface area contributed by atoms with Gasteiger partial charge in [0.15, 0.2) is 0 Å². The molecule has 98 valence electrons. The monoisotopic (exact) mass is 359 g/mol. The topological polar surface area (TPSA) is 40.5 Å². The number of carbonyl (C=O) groups is 1. The van der Waals surface area contributed by atoms with E-state index in [9.17, 15) is 4.79 Å². The lowest BCUT2D eigenvalue weighted by Crippen LogP contribution is -2.37. The Bertz CT molecular complexity index is 461. The summed E-state index contributed by atoms with van der Waals surface area (Å²) in [6, 6.07) is 5.38. The first kappa shape index (κ1) is 13.6. The molecule has 1 aliphatic rings. The van der Waals surface area contributed by atoms with Crippen molar-refractivity contribution in [2.75, 3.05) is 18.0 Å². The maximum absolute atomic E-state index is 10.9. The molecule has 0 saturated carbocycles. The summed E-state index contributed by atoms with van der Waals surface area (Å²) in [7, 11) is 0. The van der Waals surface area contributed by atoms with Crippen LogP contribution in [-0.2, 0) is 0 Å². The molecule has 1 aliphatic heterocycles. The van der Waals surface area contributed by atoms with Gasteiger partial charge in [0.1, 0.15) is 0 Å². The number of carboxylic acids is 1. The van der Waals surface area contributed by atoms with E-state index in [2.05, 4.69) is 41.3 Å². The van der Waals surface area contributed by atoms with Crippen LogP contribution >= 0.6 is 22.6 Å². The van der Waals surface area contributed by atoms with Gasteiger partial charge in [0, 0.05) is 16.7 Å². The Morgan fingerprint density at radius 1 is 1.33 bits per heavy atom.